The highest BCUT2D eigenvalue weighted by molar-refractivity contribution is 6.02. The number of nitrogens with two attached hydrogens (primary N) is 1. The molecule has 1 heterocycles. The van der Waals surface area contributed by atoms with Crippen molar-refractivity contribution in [2.75, 3.05) is 0 Å². The SMILES string of the molecule is NC1(C(=O)ON2C(=O)CCC2=O)CCCCC1. The van der Waals surface area contributed by atoms with Crippen LogP contribution in [0, 0.1) is 0 Å². The van der Waals surface area contributed by atoms with E-state index in [4.69, 9.17) is 10.6 Å². The summed E-state index contributed by atoms with van der Waals surface area (Å²) in [6.07, 6.45) is 4.08. The summed E-state index contributed by atoms with van der Waals surface area (Å²) in [5.74, 6) is -1.61. The smallest absolute Gasteiger partial charge is 0.328 e. The Hall–Kier alpha value is -1.43. The van der Waals surface area contributed by atoms with Crippen LogP contribution in [-0.2, 0) is 19.2 Å². The third kappa shape index (κ3) is 2.31. The van der Waals surface area contributed by atoms with Crippen molar-refractivity contribution >= 4 is 17.8 Å². The van der Waals surface area contributed by atoms with Crippen molar-refractivity contribution in [3.05, 3.63) is 0 Å². The van der Waals surface area contributed by atoms with E-state index in [1.807, 2.05) is 0 Å². The van der Waals surface area contributed by atoms with Crippen LogP contribution in [0.15, 0.2) is 0 Å². The number of carbonyl (C=O) groups excluding carboxylic acids is 3. The van der Waals surface area contributed by atoms with E-state index in [0.717, 1.165) is 19.3 Å². The second-order valence-electron chi connectivity index (χ2n) is 4.68. The van der Waals surface area contributed by atoms with Crippen LogP contribution in [0.1, 0.15) is 44.9 Å². The summed E-state index contributed by atoms with van der Waals surface area (Å²) in [5.41, 5.74) is 4.91. The van der Waals surface area contributed by atoms with E-state index in [9.17, 15) is 14.4 Å². The maximum absolute atomic E-state index is 11.9. The van der Waals surface area contributed by atoms with E-state index in [1.165, 1.54) is 0 Å². The van der Waals surface area contributed by atoms with Gasteiger partial charge < -0.3 is 10.6 Å². The van der Waals surface area contributed by atoms with Gasteiger partial charge in [-0.25, -0.2) is 4.79 Å². The van der Waals surface area contributed by atoms with E-state index in [0.29, 0.717) is 17.9 Å². The van der Waals surface area contributed by atoms with Gasteiger partial charge in [0, 0.05) is 12.8 Å². The molecule has 6 nitrogen and oxygen atoms in total. The van der Waals surface area contributed by atoms with E-state index < -0.39 is 23.3 Å². The summed E-state index contributed by atoms with van der Waals surface area (Å²) >= 11 is 0. The van der Waals surface area contributed by atoms with Gasteiger partial charge in [-0.05, 0) is 12.8 Å². The van der Waals surface area contributed by atoms with Gasteiger partial charge in [-0.15, -0.1) is 5.06 Å². The molecule has 2 aliphatic rings. The average Bonchev–Trinajstić information content (AvgIpc) is 2.62. The minimum absolute atomic E-state index is 0.101. The number of hydrogen-bond acceptors (Lipinski definition) is 5. The molecule has 2 fully saturated rings. The molecule has 2 rings (SSSR count). The highest BCUT2D eigenvalue weighted by atomic mass is 16.7. The minimum Gasteiger partial charge on any atom is -0.328 e. The van der Waals surface area contributed by atoms with Crippen molar-refractivity contribution in [1.82, 2.24) is 5.06 Å². The fourth-order valence-corrected chi connectivity index (χ4v) is 2.22. The molecule has 6 heteroatoms. The lowest BCUT2D eigenvalue weighted by atomic mass is 9.83. The fourth-order valence-electron chi connectivity index (χ4n) is 2.22. The summed E-state index contributed by atoms with van der Waals surface area (Å²) in [6.45, 7) is 0. The van der Waals surface area contributed by atoms with Crippen molar-refractivity contribution in [2.45, 2.75) is 50.5 Å². The predicted molar refractivity (Wildman–Crippen MR) is 57.2 cm³/mol. The number of carbonyl (C=O) groups is 3. The van der Waals surface area contributed by atoms with Crippen LogP contribution < -0.4 is 5.73 Å². The molecule has 0 aromatic carbocycles. The van der Waals surface area contributed by atoms with Gasteiger partial charge in [-0.2, -0.15) is 0 Å². The standard InChI is InChI=1S/C11H16N2O4/c12-11(6-2-1-3-7-11)10(16)17-13-8(14)4-5-9(13)15/h1-7,12H2. The fraction of sp³-hybridized carbons (Fsp3) is 0.727. The van der Waals surface area contributed by atoms with Crippen molar-refractivity contribution in [1.29, 1.82) is 0 Å². The maximum Gasteiger partial charge on any atom is 0.352 e. The molecule has 1 saturated heterocycles. The lowest BCUT2D eigenvalue weighted by Crippen LogP contribution is -2.52. The summed E-state index contributed by atoms with van der Waals surface area (Å²) in [5, 5.41) is 0.561. The third-order valence-corrected chi connectivity index (χ3v) is 3.33. The van der Waals surface area contributed by atoms with Crippen LogP contribution in [0.4, 0.5) is 0 Å². The van der Waals surface area contributed by atoms with Crippen molar-refractivity contribution in [3.63, 3.8) is 0 Å². The Morgan fingerprint density at radius 3 is 2.18 bits per heavy atom. The summed E-state index contributed by atoms with van der Waals surface area (Å²) in [4.78, 5) is 39.3. The summed E-state index contributed by atoms with van der Waals surface area (Å²) in [6, 6.07) is 0. The molecule has 0 radical (unpaired) electrons. The highest BCUT2D eigenvalue weighted by Gasteiger charge is 2.41. The molecular weight excluding hydrogens is 224 g/mol. The summed E-state index contributed by atoms with van der Waals surface area (Å²) in [7, 11) is 0. The topological polar surface area (TPSA) is 89.7 Å². The van der Waals surface area contributed by atoms with E-state index >= 15 is 0 Å². The average molecular weight is 240 g/mol. The minimum atomic E-state index is -1.04. The summed E-state index contributed by atoms with van der Waals surface area (Å²) < 4.78 is 0. The molecule has 17 heavy (non-hydrogen) atoms. The van der Waals surface area contributed by atoms with Gasteiger partial charge in [0.05, 0.1) is 0 Å². The van der Waals surface area contributed by atoms with Crippen molar-refractivity contribution < 1.29 is 19.2 Å². The Kier molecular flexibility index (Phi) is 3.15. The highest BCUT2D eigenvalue weighted by Crippen LogP contribution is 2.28. The van der Waals surface area contributed by atoms with Crippen molar-refractivity contribution in [2.24, 2.45) is 5.73 Å². The van der Waals surface area contributed by atoms with E-state index in [2.05, 4.69) is 0 Å². The second-order valence-corrected chi connectivity index (χ2v) is 4.68. The molecule has 0 spiro atoms. The largest absolute Gasteiger partial charge is 0.352 e. The molecular formula is C11H16N2O4. The van der Waals surface area contributed by atoms with Crippen LogP contribution in [-0.4, -0.2) is 28.4 Å². The molecule has 0 bridgehead atoms. The molecule has 2 N–H and O–H groups in total. The van der Waals surface area contributed by atoms with Crippen LogP contribution in [0.3, 0.4) is 0 Å². The van der Waals surface area contributed by atoms with Gasteiger partial charge in [0.2, 0.25) is 0 Å². The molecule has 0 aromatic rings. The molecule has 0 atom stereocenters. The Bertz CT molecular complexity index is 344. The zero-order chi connectivity index (χ0) is 12.5. The lowest BCUT2D eigenvalue weighted by Gasteiger charge is -2.31. The van der Waals surface area contributed by atoms with Crippen LogP contribution in [0.2, 0.25) is 0 Å². The zero-order valence-electron chi connectivity index (χ0n) is 9.61. The number of hydrogen-bond donors (Lipinski definition) is 1. The van der Waals surface area contributed by atoms with E-state index in [1.54, 1.807) is 0 Å². The van der Waals surface area contributed by atoms with Gasteiger partial charge in [0.1, 0.15) is 5.54 Å². The number of imide groups is 1. The normalized spacial score (nSPS) is 23.9. The predicted octanol–water partition coefficient (Wildman–Crippen LogP) is 0.255. The van der Waals surface area contributed by atoms with Gasteiger partial charge in [0.15, 0.2) is 0 Å². The Labute approximate surface area is 99.0 Å². The number of hydroxylamine groups is 2. The monoisotopic (exact) mass is 240 g/mol. The number of nitrogens with zero attached hydrogens (tertiary/aromatic N) is 1. The van der Waals surface area contributed by atoms with Crippen molar-refractivity contribution in [3.8, 4) is 0 Å². The van der Waals surface area contributed by atoms with Crippen LogP contribution >= 0.6 is 0 Å². The van der Waals surface area contributed by atoms with Crippen LogP contribution in [0.25, 0.3) is 0 Å². The second kappa shape index (κ2) is 4.44. The number of amides is 2. The Morgan fingerprint density at radius 1 is 1.12 bits per heavy atom. The molecule has 1 saturated carbocycles. The quantitative estimate of drug-likeness (QED) is 0.699. The molecule has 1 aliphatic carbocycles. The first-order valence-electron chi connectivity index (χ1n) is 5.90. The van der Waals surface area contributed by atoms with Gasteiger partial charge in [0.25, 0.3) is 11.8 Å². The van der Waals surface area contributed by atoms with Gasteiger partial charge in [-0.1, -0.05) is 19.3 Å². The first-order valence-corrected chi connectivity index (χ1v) is 5.90. The third-order valence-electron chi connectivity index (χ3n) is 3.33. The first-order chi connectivity index (χ1) is 8.03. The Morgan fingerprint density at radius 2 is 1.65 bits per heavy atom. The van der Waals surface area contributed by atoms with Crippen LogP contribution in [0.5, 0.6) is 0 Å². The zero-order valence-corrected chi connectivity index (χ0v) is 9.61. The molecule has 1 aliphatic heterocycles. The molecule has 94 valence electrons. The molecule has 0 unspecified atom stereocenters. The first kappa shape index (κ1) is 12.0. The Balaban J connectivity index is 2.00. The lowest BCUT2D eigenvalue weighted by molar-refractivity contribution is -0.202. The van der Waals surface area contributed by atoms with Gasteiger partial charge >= 0.3 is 5.97 Å². The molecule has 0 aromatic heterocycles. The van der Waals surface area contributed by atoms with Gasteiger partial charge in [-0.3, -0.25) is 9.59 Å². The number of rotatable bonds is 2. The van der Waals surface area contributed by atoms with E-state index in [-0.39, 0.29) is 12.8 Å². The molecule has 2 amide bonds. The maximum atomic E-state index is 11.9.